The van der Waals surface area contributed by atoms with Gasteiger partial charge in [-0.1, -0.05) is 36.4 Å². The summed E-state index contributed by atoms with van der Waals surface area (Å²) in [5.41, 5.74) is 0. The lowest BCUT2D eigenvalue weighted by molar-refractivity contribution is 0.231. The van der Waals surface area contributed by atoms with Gasteiger partial charge in [-0.15, -0.1) is 0 Å². The number of para-hydroxylation sites is 2. The lowest BCUT2D eigenvalue weighted by Gasteiger charge is -2.01. The molecule has 0 radical (unpaired) electrons. The van der Waals surface area contributed by atoms with Gasteiger partial charge in [-0.3, -0.25) is 0 Å². The zero-order valence-electron chi connectivity index (χ0n) is 11.4. The molecule has 0 spiro atoms. The van der Waals surface area contributed by atoms with Crippen LogP contribution in [0, 0.1) is 0 Å². The summed E-state index contributed by atoms with van der Waals surface area (Å²) < 4.78 is 4.89. The minimum absolute atomic E-state index is 0.322. The van der Waals surface area contributed by atoms with E-state index in [1.807, 2.05) is 18.2 Å². The van der Waals surface area contributed by atoms with E-state index in [1.54, 1.807) is 54.8 Å². The van der Waals surface area contributed by atoms with Crippen molar-refractivity contribution in [3.05, 3.63) is 73.0 Å². The zero-order chi connectivity index (χ0) is 14.5. The van der Waals surface area contributed by atoms with Gasteiger partial charge in [-0.05, 0) is 43.2 Å². The SMILES string of the molecule is C1=COCCC1.Oc1ccccc1.Oc1ccccc1. The summed E-state index contributed by atoms with van der Waals surface area (Å²) in [6, 6.07) is 17.4. The van der Waals surface area contributed by atoms with E-state index in [2.05, 4.69) is 0 Å². The number of ether oxygens (including phenoxy) is 1. The Morgan fingerprint density at radius 2 is 1.25 bits per heavy atom. The van der Waals surface area contributed by atoms with E-state index >= 15 is 0 Å². The first kappa shape index (κ1) is 15.6. The summed E-state index contributed by atoms with van der Waals surface area (Å²) in [5, 5.41) is 17.3. The van der Waals surface area contributed by atoms with Crippen molar-refractivity contribution in [3.8, 4) is 11.5 Å². The maximum absolute atomic E-state index is 8.63. The van der Waals surface area contributed by atoms with E-state index in [1.165, 1.54) is 12.8 Å². The normalized spacial score (nSPS) is 12.0. The van der Waals surface area contributed by atoms with Crippen LogP contribution in [0.3, 0.4) is 0 Å². The Morgan fingerprint density at radius 1 is 0.750 bits per heavy atom. The molecule has 2 aromatic carbocycles. The fourth-order valence-corrected chi connectivity index (χ4v) is 1.34. The van der Waals surface area contributed by atoms with Gasteiger partial charge in [0.25, 0.3) is 0 Å². The van der Waals surface area contributed by atoms with Crippen molar-refractivity contribution in [2.75, 3.05) is 6.61 Å². The Labute approximate surface area is 119 Å². The highest BCUT2D eigenvalue weighted by Crippen LogP contribution is 2.03. The average Bonchev–Trinajstić information content (AvgIpc) is 2.52. The lowest BCUT2D eigenvalue weighted by atomic mass is 10.3. The van der Waals surface area contributed by atoms with Crippen molar-refractivity contribution in [2.45, 2.75) is 12.8 Å². The molecule has 0 aromatic heterocycles. The summed E-state index contributed by atoms with van der Waals surface area (Å²) in [6.45, 7) is 0.913. The van der Waals surface area contributed by atoms with Crippen LogP contribution in [0.1, 0.15) is 12.8 Å². The summed E-state index contributed by atoms with van der Waals surface area (Å²) in [4.78, 5) is 0. The second-order valence-corrected chi connectivity index (χ2v) is 4.06. The molecule has 20 heavy (non-hydrogen) atoms. The third kappa shape index (κ3) is 8.64. The monoisotopic (exact) mass is 272 g/mol. The standard InChI is InChI=1S/2C6H6O.C5H8O/c2*7-6-4-2-1-3-5-6;1-2-4-6-5-3-1/h2*1-5,7H;2,4H,1,3,5H2. The molecule has 2 N–H and O–H groups in total. The fourth-order valence-electron chi connectivity index (χ4n) is 1.34. The zero-order valence-corrected chi connectivity index (χ0v) is 11.4. The number of benzene rings is 2. The van der Waals surface area contributed by atoms with Gasteiger partial charge in [-0.25, -0.2) is 0 Å². The van der Waals surface area contributed by atoms with Gasteiger partial charge in [0, 0.05) is 0 Å². The fraction of sp³-hybridized carbons (Fsp3) is 0.176. The highest BCUT2D eigenvalue weighted by molar-refractivity contribution is 5.19. The molecule has 1 aliphatic rings. The lowest BCUT2D eigenvalue weighted by Crippen LogP contribution is -1.90. The van der Waals surface area contributed by atoms with Gasteiger partial charge in [0.15, 0.2) is 0 Å². The van der Waals surface area contributed by atoms with Crippen molar-refractivity contribution in [3.63, 3.8) is 0 Å². The van der Waals surface area contributed by atoms with Gasteiger partial charge in [0.1, 0.15) is 11.5 Å². The van der Waals surface area contributed by atoms with E-state index in [9.17, 15) is 0 Å². The van der Waals surface area contributed by atoms with Gasteiger partial charge in [0.05, 0.1) is 12.9 Å². The number of hydrogen-bond acceptors (Lipinski definition) is 3. The molecule has 0 aliphatic carbocycles. The van der Waals surface area contributed by atoms with Crippen LogP contribution in [0.25, 0.3) is 0 Å². The smallest absolute Gasteiger partial charge is 0.115 e. The van der Waals surface area contributed by atoms with Crippen LogP contribution < -0.4 is 0 Å². The van der Waals surface area contributed by atoms with Gasteiger partial charge in [-0.2, -0.15) is 0 Å². The van der Waals surface area contributed by atoms with E-state index < -0.39 is 0 Å². The van der Waals surface area contributed by atoms with Crippen molar-refractivity contribution in [1.82, 2.24) is 0 Å². The first-order valence-electron chi connectivity index (χ1n) is 6.53. The van der Waals surface area contributed by atoms with Crippen LogP contribution in [0.15, 0.2) is 73.0 Å². The van der Waals surface area contributed by atoms with Crippen molar-refractivity contribution in [1.29, 1.82) is 0 Å². The van der Waals surface area contributed by atoms with Crippen molar-refractivity contribution >= 4 is 0 Å². The highest BCUT2D eigenvalue weighted by Gasteiger charge is 1.86. The molecule has 1 aliphatic heterocycles. The Morgan fingerprint density at radius 3 is 1.40 bits per heavy atom. The molecule has 3 heteroatoms. The van der Waals surface area contributed by atoms with Crippen LogP contribution in [-0.2, 0) is 4.74 Å². The Bertz CT molecular complexity index is 421. The van der Waals surface area contributed by atoms with Crippen LogP contribution in [0.2, 0.25) is 0 Å². The minimum atomic E-state index is 0.322. The maximum Gasteiger partial charge on any atom is 0.115 e. The first-order chi connectivity index (χ1) is 9.79. The molecule has 0 unspecified atom stereocenters. The summed E-state index contributed by atoms with van der Waals surface area (Å²) in [7, 11) is 0. The van der Waals surface area contributed by atoms with Crippen LogP contribution >= 0.6 is 0 Å². The number of rotatable bonds is 0. The van der Waals surface area contributed by atoms with E-state index in [-0.39, 0.29) is 0 Å². The molecule has 0 saturated heterocycles. The van der Waals surface area contributed by atoms with E-state index in [4.69, 9.17) is 14.9 Å². The molecule has 1 heterocycles. The molecule has 0 amide bonds. The average molecular weight is 272 g/mol. The second-order valence-electron chi connectivity index (χ2n) is 4.06. The quantitative estimate of drug-likeness (QED) is 0.759. The number of allylic oxidation sites excluding steroid dienone is 1. The predicted molar refractivity (Wildman–Crippen MR) is 80.5 cm³/mol. The third-order valence-corrected chi connectivity index (χ3v) is 2.34. The molecular formula is C17H20O3. The largest absolute Gasteiger partial charge is 0.508 e. The van der Waals surface area contributed by atoms with Crippen LogP contribution in [-0.4, -0.2) is 16.8 Å². The summed E-state index contributed by atoms with van der Waals surface area (Å²) in [6.07, 6.45) is 6.20. The molecule has 3 nitrogen and oxygen atoms in total. The molecule has 2 aromatic rings. The number of hydrogen-bond donors (Lipinski definition) is 2. The minimum Gasteiger partial charge on any atom is -0.508 e. The molecule has 3 rings (SSSR count). The molecule has 106 valence electrons. The van der Waals surface area contributed by atoms with Crippen molar-refractivity contribution in [2.24, 2.45) is 0 Å². The number of aromatic hydroxyl groups is 2. The predicted octanol–water partition coefficient (Wildman–Crippen LogP) is 4.09. The van der Waals surface area contributed by atoms with Gasteiger partial charge >= 0.3 is 0 Å². The highest BCUT2D eigenvalue weighted by atomic mass is 16.5. The molecular weight excluding hydrogens is 252 g/mol. The second kappa shape index (κ2) is 10.5. The Hall–Kier alpha value is -2.42. The maximum atomic E-state index is 8.63. The van der Waals surface area contributed by atoms with Gasteiger partial charge < -0.3 is 14.9 Å². The first-order valence-corrected chi connectivity index (χ1v) is 6.53. The molecule has 0 atom stereocenters. The summed E-state index contributed by atoms with van der Waals surface area (Å²) >= 11 is 0. The number of phenols is 2. The summed E-state index contributed by atoms with van der Waals surface area (Å²) in [5.74, 6) is 0.644. The van der Waals surface area contributed by atoms with Gasteiger partial charge in [0.2, 0.25) is 0 Å². The molecule has 0 fully saturated rings. The van der Waals surface area contributed by atoms with E-state index in [0.29, 0.717) is 11.5 Å². The molecule has 0 bridgehead atoms. The Balaban J connectivity index is 0.000000151. The molecule has 0 saturated carbocycles. The Kier molecular flexibility index (Phi) is 8.21. The number of phenolic OH excluding ortho intramolecular Hbond substituents is 2. The van der Waals surface area contributed by atoms with Crippen molar-refractivity contribution < 1.29 is 14.9 Å². The van der Waals surface area contributed by atoms with Crippen LogP contribution in [0.4, 0.5) is 0 Å². The van der Waals surface area contributed by atoms with Crippen LogP contribution in [0.5, 0.6) is 11.5 Å². The third-order valence-electron chi connectivity index (χ3n) is 2.34. The van der Waals surface area contributed by atoms with E-state index in [0.717, 1.165) is 6.61 Å². The topological polar surface area (TPSA) is 49.7 Å².